The Hall–Kier alpha value is -2.10. The van der Waals surface area contributed by atoms with Gasteiger partial charge in [0.2, 0.25) is 11.8 Å². The van der Waals surface area contributed by atoms with Gasteiger partial charge in [-0.05, 0) is 68.9 Å². The first kappa shape index (κ1) is 25.2. The van der Waals surface area contributed by atoms with Gasteiger partial charge in [0, 0.05) is 23.5 Å². The maximum Gasteiger partial charge on any atom is 0.213 e. The molecule has 4 heteroatoms. The highest BCUT2D eigenvalue weighted by atomic mass is 16.5. The molecule has 0 spiro atoms. The van der Waals surface area contributed by atoms with Crippen LogP contribution in [0.15, 0.2) is 36.4 Å². The third-order valence-electron chi connectivity index (χ3n) is 5.98. The molecule has 0 bridgehead atoms. The number of nitrogens with zero attached hydrogens (tertiary/aromatic N) is 2. The number of ether oxygens (including phenoxy) is 2. The zero-order chi connectivity index (χ0) is 23.0. The molecule has 2 aromatic heterocycles. The minimum atomic E-state index is 0.146. The highest BCUT2D eigenvalue weighted by Crippen LogP contribution is 2.26. The van der Waals surface area contributed by atoms with E-state index in [0.717, 1.165) is 42.4 Å². The van der Waals surface area contributed by atoms with E-state index in [1.165, 1.54) is 0 Å². The van der Waals surface area contributed by atoms with Crippen LogP contribution in [-0.2, 0) is 0 Å². The van der Waals surface area contributed by atoms with Crippen molar-refractivity contribution in [3.05, 3.63) is 47.8 Å². The Kier molecular flexibility index (Phi) is 9.80. The van der Waals surface area contributed by atoms with Crippen molar-refractivity contribution in [2.75, 3.05) is 0 Å². The second-order valence-electron chi connectivity index (χ2n) is 9.77. The first-order valence-corrected chi connectivity index (χ1v) is 11.9. The Balaban J connectivity index is 1.82. The van der Waals surface area contributed by atoms with Gasteiger partial charge in [-0.3, -0.25) is 0 Å². The average Bonchev–Trinajstić information content (AvgIpc) is 2.72. The molecule has 31 heavy (non-hydrogen) atoms. The smallest absolute Gasteiger partial charge is 0.213 e. The molecule has 2 aromatic rings. The lowest BCUT2D eigenvalue weighted by molar-refractivity contribution is 0.163. The zero-order valence-corrected chi connectivity index (χ0v) is 20.8. The first-order valence-electron chi connectivity index (χ1n) is 11.9. The van der Waals surface area contributed by atoms with E-state index in [9.17, 15) is 0 Å². The van der Waals surface area contributed by atoms with Gasteiger partial charge in [-0.1, -0.05) is 53.7 Å². The summed E-state index contributed by atoms with van der Waals surface area (Å²) >= 11 is 0. The monoisotopic (exact) mass is 426 g/mol. The predicted octanol–water partition coefficient (Wildman–Crippen LogP) is 7.40. The number of rotatable bonds is 12. The minimum Gasteiger partial charge on any atom is -0.475 e. The Morgan fingerprint density at radius 2 is 1.29 bits per heavy atom. The van der Waals surface area contributed by atoms with Crippen LogP contribution in [0.2, 0.25) is 0 Å². The van der Waals surface area contributed by atoms with Crippen molar-refractivity contribution in [3.63, 3.8) is 0 Å². The first-order chi connectivity index (χ1) is 14.7. The predicted molar refractivity (Wildman–Crippen MR) is 129 cm³/mol. The molecule has 0 saturated heterocycles. The Morgan fingerprint density at radius 3 is 1.90 bits per heavy atom. The second-order valence-corrected chi connectivity index (χ2v) is 9.77. The van der Waals surface area contributed by atoms with Crippen LogP contribution in [0.25, 0.3) is 0 Å². The Bertz CT molecular complexity index is 790. The van der Waals surface area contributed by atoms with E-state index in [4.69, 9.17) is 14.5 Å². The summed E-state index contributed by atoms with van der Waals surface area (Å²) in [7, 11) is 0. The van der Waals surface area contributed by atoms with Crippen molar-refractivity contribution in [2.45, 2.75) is 98.7 Å². The van der Waals surface area contributed by atoms with Crippen molar-refractivity contribution < 1.29 is 9.47 Å². The summed E-state index contributed by atoms with van der Waals surface area (Å²) in [5.41, 5.74) is 2.19. The van der Waals surface area contributed by atoms with Gasteiger partial charge in [0.05, 0.1) is 12.2 Å². The van der Waals surface area contributed by atoms with Crippen molar-refractivity contribution in [2.24, 2.45) is 11.8 Å². The molecule has 0 aliphatic carbocycles. The summed E-state index contributed by atoms with van der Waals surface area (Å²) in [5.74, 6) is 3.32. The highest BCUT2D eigenvalue weighted by molar-refractivity contribution is 5.19. The van der Waals surface area contributed by atoms with Gasteiger partial charge in [0.25, 0.3) is 0 Å². The molecule has 0 radical (unpaired) electrons. The summed E-state index contributed by atoms with van der Waals surface area (Å²) in [5, 5.41) is 0. The molecule has 2 heterocycles. The summed E-state index contributed by atoms with van der Waals surface area (Å²) in [4.78, 5) is 9.39. The van der Waals surface area contributed by atoms with Gasteiger partial charge >= 0.3 is 0 Å². The van der Waals surface area contributed by atoms with Crippen LogP contribution in [0.3, 0.4) is 0 Å². The Morgan fingerprint density at radius 1 is 0.710 bits per heavy atom. The van der Waals surface area contributed by atoms with E-state index in [1.54, 1.807) is 0 Å². The molecule has 172 valence electrons. The number of aromatic nitrogens is 2. The van der Waals surface area contributed by atoms with E-state index < -0.39 is 0 Å². The summed E-state index contributed by atoms with van der Waals surface area (Å²) in [6, 6.07) is 12.2. The van der Waals surface area contributed by atoms with Crippen LogP contribution in [0.4, 0.5) is 0 Å². The van der Waals surface area contributed by atoms with Crippen LogP contribution < -0.4 is 9.47 Å². The molecule has 2 rings (SSSR count). The zero-order valence-electron chi connectivity index (χ0n) is 20.8. The molecule has 4 atom stereocenters. The Labute approximate surface area is 189 Å². The van der Waals surface area contributed by atoms with Crippen LogP contribution >= 0.6 is 0 Å². The largest absolute Gasteiger partial charge is 0.475 e. The molecule has 4 nitrogen and oxygen atoms in total. The van der Waals surface area contributed by atoms with E-state index in [2.05, 4.69) is 78.6 Å². The molecule has 4 unspecified atom stereocenters. The van der Waals surface area contributed by atoms with Crippen LogP contribution in [-0.4, -0.2) is 22.2 Å². The molecule has 0 N–H and O–H groups in total. The number of hydrogen-bond donors (Lipinski definition) is 0. The molecule has 0 saturated carbocycles. The topological polar surface area (TPSA) is 44.2 Å². The lowest BCUT2D eigenvalue weighted by Gasteiger charge is -2.21. The summed E-state index contributed by atoms with van der Waals surface area (Å²) < 4.78 is 12.1. The highest BCUT2D eigenvalue weighted by Gasteiger charge is 2.16. The lowest BCUT2D eigenvalue weighted by atomic mass is 9.92. The van der Waals surface area contributed by atoms with Gasteiger partial charge < -0.3 is 9.47 Å². The van der Waals surface area contributed by atoms with E-state index in [0.29, 0.717) is 23.7 Å². The van der Waals surface area contributed by atoms with Crippen LogP contribution in [0.5, 0.6) is 11.8 Å². The van der Waals surface area contributed by atoms with E-state index in [-0.39, 0.29) is 12.2 Å². The maximum atomic E-state index is 6.10. The maximum absolute atomic E-state index is 6.10. The van der Waals surface area contributed by atoms with Crippen molar-refractivity contribution in [1.82, 2.24) is 9.97 Å². The van der Waals surface area contributed by atoms with Gasteiger partial charge in [-0.15, -0.1) is 0 Å². The van der Waals surface area contributed by atoms with Gasteiger partial charge in [0.1, 0.15) is 0 Å². The van der Waals surface area contributed by atoms with Gasteiger partial charge in [0.15, 0.2) is 0 Å². The molecule has 0 fully saturated rings. The van der Waals surface area contributed by atoms with Crippen molar-refractivity contribution in [3.8, 4) is 11.8 Å². The van der Waals surface area contributed by atoms with Gasteiger partial charge in [-0.25, -0.2) is 9.97 Å². The van der Waals surface area contributed by atoms with E-state index in [1.807, 2.05) is 18.2 Å². The number of pyridine rings is 2. The fourth-order valence-electron chi connectivity index (χ4n) is 3.54. The standard InChI is InChI=1S/C27H42N2O2/c1-18(2)23(8)31-27-14-10-12-25(29-27)21(6)16-15-20(5)17-22(7)30-26-13-9-11-24(28-26)19(3)4/h9-14,18-23H,15-17H2,1-8H3. The molecule has 0 amide bonds. The fraction of sp³-hybridized carbons (Fsp3) is 0.630. The third kappa shape index (κ3) is 8.51. The fourth-order valence-corrected chi connectivity index (χ4v) is 3.54. The van der Waals surface area contributed by atoms with Gasteiger partial charge in [-0.2, -0.15) is 0 Å². The normalized spacial score (nSPS) is 15.5. The molecule has 0 aliphatic rings. The van der Waals surface area contributed by atoms with Crippen LogP contribution in [0.1, 0.15) is 97.9 Å². The molecule has 0 aliphatic heterocycles. The SMILES string of the molecule is CC(CCC(C)c1cccc(OC(C)C(C)C)n1)CC(C)Oc1cccc(C(C)C)n1. The quantitative estimate of drug-likeness (QED) is 0.354. The third-order valence-corrected chi connectivity index (χ3v) is 5.98. The summed E-state index contributed by atoms with van der Waals surface area (Å²) in [6.45, 7) is 17.4. The van der Waals surface area contributed by atoms with E-state index >= 15 is 0 Å². The minimum absolute atomic E-state index is 0.146. The van der Waals surface area contributed by atoms with Crippen molar-refractivity contribution >= 4 is 0 Å². The average molecular weight is 427 g/mol. The second kappa shape index (κ2) is 12.1. The lowest BCUT2D eigenvalue weighted by Crippen LogP contribution is -2.19. The molecular formula is C27H42N2O2. The van der Waals surface area contributed by atoms with Crippen molar-refractivity contribution in [1.29, 1.82) is 0 Å². The van der Waals surface area contributed by atoms with Crippen LogP contribution in [0, 0.1) is 11.8 Å². The number of hydrogen-bond acceptors (Lipinski definition) is 4. The summed E-state index contributed by atoms with van der Waals surface area (Å²) in [6.07, 6.45) is 3.57. The molecule has 0 aromatic carbocycles. The molecular weight excluding hydrogens is 384 g/mol.